The summed E-state index contributed by atoms with van der Waals surface area (Å²) in [4.78, 5) is 5.61. The summed E-state index contributed by atoms with van der Waals surface area (Å²) < 4.78 is 22.2. The van der Waals surface area contributed by atoms with Crippen LogP contribution in [0.25, 0.3) is 10.4 Å². The number of azide groups is 1. The number of nitrogens with zero attached hydrogens (tertiary/aromatic N) is 3. The Kier molecular flexibility index (Phi) is 5.04. The zero-order chi connectivity index (χ0) is 12.7. The molecule has 0 aromatic heterocycles. The van der Waals surface area contributed by atoms with Gasteiger partial charge in [0.15, 0.2) is 0 Å². The Bertz CT molecular complexity index is 443. The summed E-state index contributed by atoms with van der Waals surface area (Å²) in [7, 11) is -3.79. The first kappa shape index (κ1) is 13.6. The summed E-state index contributed by atoms with van der Waals surface area (Å²) in [6.45, 7) is 3.98. The number of hydrogen-bond donors (Lipinski definition) is 0. The van der Waals surface area contributed by atoms with Crippen LogP contribution in [0.15, 0.2) is 35.2 Å². The van der Waals surface area contributed by atoms with Crippen molar-refractivity contribution in [1.82, 2.24) is 0 Å². The molecule has 0 N–H and O–H groups in total. The summed E-state index contributed by atoms with van der Waals surface area (Å²) in [6, 6.07) is 8.45. The second kappa shape index (κ2) is 6.30. The monoisotopic (exact) mass is 255 g/mol. The predicted octanol–water partition coefficient (Wildman–Crippen LogP) is 4.16. The molecule has 1 rings (SSSR count). The van der Waals surface area contributed by atoms with Crippen molar-refractivity contribution < 1.29 is 13.6 Å². The Labute approximate surface area is 99.8 Å². The molecule has 0 radical (unpaired) electrons. The van der Waals surface area contributed by atoms with Crippen molar-refractivity contribution in [3.05, 3.63) is 40.8 Å². The highest BCUT2D eigenvalue weighted by Gasteiger charge is 2.25. The lowest BCUT2D eigenvalue weighted by atomic mass is 10.2. The average Bonchev–Trinajstić information content (AvgIpc) is 2.28. The molecule has 17 heavy (non-hydrogen) atoms. The fourth-order valence-corrected chi connectivity index (χ4v) is 2.09. The Morgan fingerprint density at radius 1 is 1.41 bits per heavy atom. The van der Waals surface area contributed by atoms with Gasteiger partial charge in [0.25, 0.3) is 0 Å². The number of hydrogen-bond acceptors (Lipinski definition) is 3. The second-order valence-corrected chi connectivity index (χ2v) is 5.30. The first-order chi connectivity index (χ1) is 8.06. The molecule has 0 saturated heterocycles. The van der Waals surface area contributed by atoms with Crippen molar-refractivity contribution in [3.63, 3.8) is 0 Å². The minimum atomic E-state index is -3.79. The lowest BCUT2D eigenvalue weighted by Crippen LogP contribution is -2.02. The SMILES string of the molecule is CC(C)CO[P@@](=O)(N=[N+]=[N-])Oc1ccccc1. The topological polar surface area (TPSA) is 84.3 Å². The van der Waals surface area contributed by atoms with Gasteiger partial charge in [-0.05, 0) is 23.6 Å². The average molecular weight is 255 g/mol. The Morgan fingerprint density at radius 2 is 2.06 bits per heavy atom. The van der Waals surface area contributed by atoms with Crippen molar-refractivity contribution in [2.75, 3.05) is 6.61 Å². The molecule has 0 amide bonds. The minimum Gasteiger partial charge on any atom is -0.420 e. The first-order valence-electron chi connectivity index (χ1n) is 5.11. The van der Waals surface area contributed by atoms with E-state index in [4.69, 9.17) is 14.6 Å². The summed E-state index contributed by atoms with van der Waals surface area (Å²) in [5, 5.41) is 0. The van der Waals surface area contributed by atoms with E-state index in [0.717, 1.165) is 0 Å². The largest absolute Gasteiger partial charge is 0.470 e. The third-order valence-corrected chi connectivity index (χ3v) is 2.90. The van der Waals surface area contributed by atoms with E-state index in [1.807, 2.05) is 13.8 Å². The quantitative estimate of drug-likeness (QED) is 0.331. The molecule has 0 aliphatic heterocycles. The van der Waals surface area contributed by atoms with Crippen molar-refractivity contribution in [2.45, 2.75) is 13.8 Å². The second-order valence-electron chi connectivity index (χ2n) is 3.74. The molecule has 1 atom stereocenters. The summed E-state index contributed by atoms with van der Waals surface area (Å²) >= 11 is 0. The first-order valence-corrected chi connectivity index (χ1v) is 6.61. The minimum absolute atomic E-state index is 0.164. The van der Waals surface area contributed by atoms with Gasteiger partial charge in [-0.2, -0.15) is 0 Å². The van der Waals surface area contributed by atoms with Crippen LogP contribution >= 0.6 is 7.75 Å². The van der Waals surface area contributed by atoms with E-state index in [-0.39, 0.29) is 12.5 Å². The lowest BCUT2D eigenvalue weighted by molar-refractivity contribution is 0.234. The van der Waals surface area contributed by atoms with Gasteiger partial charge < -0.3 is 4.52 Å². The fourth-order valence-electron chi connectivity index (χ4n) is 0.977. The van der Waals surface area contributed by atoms with Crippen LogP contribution in [0.4, 0.5) is 0 Å². The Hall–Kier alpha value is -1.48. The van der Waals surface area contributed by atoms with Gasteiger partial charge in [0.1, 0.15) is 5.75 Å². The molecule has 1 aromatic rings. The van der Waals surface area contributed by atoms with Gasteiger partial charge in [-0.15, -0.1) is 0 Å². The van der Waals surface area contributed by atoms with E-state index in [2.05, 4.69) is 9.80 Å². The van der Waals surface area contributed by atoms with Gasteiger partial charge in [-0.25, -0.2) is 4.57 Å². The maximum atomic E-state index is 12.0. The third kappa shape index (κ3) is 4.91. The molecule has 7 heteroatoms. The van der Waals surface area contributed by atoms with Crippen LogP contribution < -0.4 is 4.52 Å². The number of benzene rings is 1. The molecule has 0 heterocycles. The van der Waals surface area contributed by atoms with E-state index < -0.39 is 7.75 Å². The van der Waals surface area contributed by atoms with Crippen LogP contribution in [-0.4, -0.2) is 6.61 Å². The van der Waals surface area contributed by atoms with Crippen LogP contribution in [0, 0.1) is 5.92 Å². The van der Waals surface area contributed by atoms with E-state index in [0.29, 0.717) is 5.75 Å². The van der Waals surface area contributed by atoms with Crippen molar-refractivity contribution in [2.24, 2.45) is 10.8 Å². The highest BCUT2D eigenvalue weighted by Crippen LogP contribution is 2.50. The normalized spacial score (nSPS) is 13.8. The van der Waals surface area contributed by atoms with Crippen LogP contribution in [-0.2, 0) is 9.09 Å². The van der Waals surface area contributed by atoms with E-state index in [1.165, 1.54) is 0 Å². The summed E-state index contributed by atoms with van der Waals surface area (Å²) in [5.41, 5.74) is 8.37. The van der Waals surface area contributed by atoms with Crippen LogP contribution in [0.2, 0.25) is 0 Å². The zero-order valence-electron chi connectivity index (χ0n) is 9.68. The molecule has 6 nitrogen and oxygen atoms in total. The molecule has 0 aliphatic rings. The van der Waals surface area contributed by atoms with Crippen molar-refractivity contribution >= 4 is 7.75 Å². The fraction of sp³-hybridized carbons (Fsp3) is 0.400. The maximum absolute atomic E-state index is 12.0. The van der Waals surface area contributed by atoms with E-state index in [1.54, 1.807) is 30.3 Å². The predicted molar refractivity (Wildman–Crippen MR) is 64.6 cm³/mol. The highest BCUT2D eigenvalue weighted by molar-refractivity contribution is 7.52. The third-order valence-electron chi connectivity index (χ3n) is 1.68. The van der Waals surface area contributed by atoms with Gasteiger partial charge in [0.2, 0.25) is 0 Å². The van der Waals surface area contributed by atoms with Gasteiger partial charge in [-0.1, -0.05) is 32.0 Å². The van der Waals surface area contributed by atoms with E-state index >= 15 is 0 Å². The molecule has 0 unspecified atom stereocenters. The Balaban J connectivity index is 2.78. The Morgan fingerprint density at radius 3 is 2.59 bits per heavy atom. The molecule has 0 fully saturated rings. The lowest BCUT2D eigenvalue weighted by Gasteiger charge is -2.15. The maximum Gasteiger partial charge on any atom is 0.470 e. The standard InChI is InChI=1S/C10H14N3O3P/c1-9(2)8-15-17(14,13-12-11)16-10-6-4-3-5-7-10/h3-7,9H,8H2,1-2H3/t17-/m0/s1. The van der Waals surface area contributed by atoms with Crippen LogP contribution in [0.5, 0.6) is 5.75 Å². The summed E-state index contributed by atoms with van der Waals surface area (Å²) in [5.74, 6) is 0.503. The molecular formula is C10H14N3O3P. The molecule has 1 aromatic carbocycles. The van der Waals surface area contributed by atoms with Gasteiger partial charge in [-0.3, -0.25) is 4.52 Å². The van der Waals surface area contributed by atoms with Crippen molar-refractivity contribution in [3.8, 4) is 5.75 Å². The van der Waals surface area contributed by atoms with Gasteiger partial charge >= 0.3 is 7.75 Å². The smallest absolute Gasteiger partial charge is 0.420 e. The van der Waals surface area contributed by atoms with Crippen LogP contribution in [0.1, 0.15) is 13.8 Å². The molecule has 0 bridgehead atoms. The highest BCUT2D eigenvalue weighted by atomic mass is 31.2. The van der Waals surface area contributed by atoms with Crippen LogP contribution in [0.3, 0.4) is 0 Å². The molecule has 0 aliphatic carbocycles. The molecule has 0 saturated carbocycles. The zero-order valence-corrected chi connectivity index (χ0v) is 10.6. The number of para-hydroxylation sites is 1. The van der Waals surface area contributed by atoms with Gasteiger partial charge in [0, 0.05) is 9.80 Å². The van der Waals surface area contributed by atoms with Gasteiger partial charge in [0.05, 0.1) is 6.61 Å². The molecular weight excluding hydrogens is 241 g/mol. The molecule has 0 spiro atoms. The number of rotatable bonds is 6. The van der Waals surface area contributed by atoms with Crippen molar-refractivity contribution in [1.29, 1.82) is 0 Å². The summed E-state index contributed by atoms with van der Waals surface area (Å²) in [6.07, 6.45) is 0. The molecule has 92 valence electrons. The van der Waals surface area contributed by atoms with E-state index in [9.17, 15) is 4.57 Å².